The molecule has 4 nitrogen and oxygen atoms in total. The van der Waals surface area contributed by atoms with Crippen molar-refractivity contribution in [3.63, 3.8) is 0 Å². The molecule has 1 heterocycles. The van der Waals surface area contributed by atoms with Crippen LogP contribution in [0.1, 0.15) is 25.3 Å². The van der Waals surface area contributed by atoms with Crippen LogP contribution in [0.3, 0.4) is 0 Å². The van der Waals surface area contributed by atoms with Gasteiger partial charge in [0.15, 0.2) is 0 Å². The molecule has 1 fully saturated rings. The van der Waals surface area contributed by atoms with Gasteiger partial charge < -0.3 is 10.0 Å². The summed E-state index contributed by atoms with van der Waals surface area (Å²) in [6.07, 6.45) is 1.99. The molecule has 2 aromatic rings. The number of fused-ring (bicyclic) bond motifs is 1. The van der Waals surface area contributed by atoms with Gasteiger partial charge in [-0.25, -0.2) is 4.79 Å². The van der Waals surface area contributed by atoms with Crippen LogP contribution in [0.2, 0.25) is 5.02 Å². The van der Waals surface area contributed by atoms with E-state index in [2.05, 4.69) is 0 Å². The SMILES string of the molecule is CC(C(=O)O)N(C(=O)Cc1csc2ccc(Cl)cc12)C1CC1. The van der Waals surface area contributed by atoms with E-state index in [0.717, 1.165) is 28.5 Å². The van der Waals surface area contributed by atoms with Crippen molar-refractivity contribution >= 4 is 44.9 Å². The van der Waals surface area contributed by atoms with E-state index in [-0.39, 0.29) is 18.4 Å². The number of benzene rings is 1. The molecule has 1 unspecified atom stereocenters. The van der Waals surface area contributed by atoms with Crippen LogP contribution < -0.4 is 0 Å². The van der Waals surface area contributed by atoms with Crippen molar-refractivity contribution in [3.8, 4) is 0 Å². The molecule has 0 aliphatic heterocycles. The topological polar surface area (TPSA) is 57.6 Å². The summed E-state index contributed by atoms with van der Waals surface area (Å²) in [7, 11) is 0. The maximum atomic E-state index is 12.6. The maximum absolute atomic E-state index is 12.6. The van der Waals surface area contributed by atoms with Gasteiger partial charge in [-0.05, 0) is 54.3 Å². The number of carboxylic acid groups (broad SMARTS) is 1. The first-order valence-electron chi connectivity index (χ1n) is 7.17. The zero-order valence-corrected chi connectivity index (χ0v) is 13.7. The number of hydrogen-bond acceptors (Lipinski definition) is 3. The van der Waals surface area contributed by atoms with E-state index >= 15 is 0 Å². The third kappa shape index (κ3) is 2.96. The number of rotatable bonds is 5. The van der Waals surface area contributed by atoms with Crippen LogP contribution >= 0.6 is 22.9 Å². The van der Waals surface area contributed by atoms with Crippen LogP contribution in [0.25, 0.3) is 10.1 Å². The van der Waals surface area contributed by atoms with Crippen LogP contribution in [0, 0.1) is 0 Å². The Morgan fingerprint density at radius 3 is 2.82 bits per heavy atom. The summed E-state index contributed by atoms with van der Waals surface area (Å²) in [6.45, 7) is 1.57. The molecular formula is C16H16ClNO3S. The predicted molar refractivity (Wildman–Crippen MR) is 87.5 cm³/mol. The monoisotopic (exact) mass is 337 g/mol. The molecule has 22 heavy (non-hydrogen) atoms. The summed E-state index contributed by atoms with van der Waals surface area (Å²) in [4.78, 5) is 25.4. The summed E-state index contributed by atoms with van der Waals surface area (Å²) in [5, 5.41) is 12.8. The Kier molecular flexibility index (Phi) is 4.10. The van der Waals surface area contributed by atoms with Crippen molar-refractivity contribution in [1.82, 2.24) is 4.90 Å². The lowest BCUT2D eigenvalue weighted by Crippen LogP contribution is -2.45. The Morgan fingerprint density at radius 1 is 1.45 bits per heavy atom. The normalized spacial score (nSPS) is 15.7. The molecule has 1 aromatic heterocycles. The molecule has 1 amide bonds. The second-order valence-corrected chi connectivity index (χ2v) is 6.97. The highest BCUT2D eigenvalue weighted by molar-refractivity contribution is 7.17. The summed E-state index contributed by atoms with van der Waals surface area (Å²) < 4.78 is 1.08. The Balaban J connectivity index is 1.85. The van der Waals surface area contributed by atoms with E-state index in [4.69, 9.17) is 11.6 Å². The quantitative estimate of drug-likeness (QED) is 0.907. The van der Waals surface area contributed by atoms with Crippen molar-refractivity contribution in [2.45, 2.75) is 38.3 Å². The number of thiophene rings is 1. The zero-order chi connectivity index (χ0) is 15.9. The largest absolute Gasteiger partial charge is 0.480 e. The molecule has 6 heteroatoms. The number of carbonyl (C=O) groups is 2. The van der Waals surface area contributed by atoms with Gasteiger partial charge in [0.1, 0.15) is 6.04 Å². The van der Waals surface area contributed by atoms with E-state index < -0.39 is 12.0 Å². The highest BCUT2D eigenvalue weighted by Gasteiger charge is 2.38. The van der Waals surface area contributed by atoms with Crippen molar-refractivity contribution < 1.29 is 14.7 Å². The van der Waals surface area contributed by atoms with Gasteiger partial charge >= 0.3 is 5.97 Å². The first kappa shape index (κ1) is 15.3. The van der Waals surface area contributed by atoms with Crippen molar-refractivity contribution in [2.24, 2.45) is 0 Å². The van der Waals surface area contributed by atoms with Gasteiger partial charge in [-0.15, -0.1) is 11.3 Å². The molecule has 0 bridgehead atoms. The molecule has 1 atom stereocenters. The van der Waals surface area contributed by atoms with Crippen LogP contribution in [0.4, 0.5) is 0 Å². The molecule has 1 aromatic carbocycles. The number of hydrogen-bond donors (Lipinski definition) is 1. The molecule has 1 saturated carbocycles. The summed E-state index contributed by atoms with van der Waals surface area (Å²) >= 11 is 7.60. The Bertz CT molecular complexity index is 738. The number of carboxylic acids is 1. The first-order chi connectivity index (χ1) is 10.5. The highest BCUT2D eigenvalue weighted by atomic mass is 35.5. The standard InChI is InChI=1S/C16H16ClNO3S/c1-9(16(20)21)18(12-3-4-12)15(19)6-10-8-22-14-5-2-11(17)7-13(10)14/h2,5,7-9,12H,3-4,6H2,1H3,(H,20,21). The molecule has 1 aliphatic rings. The molecule has 0 radical (unpaired) electrons. The highest BCUT2D eigenvalue weighted by Crippen LogP contribution is 2.32. The van der Waals surface area contributed by atoms with Gasteiger partial charge in [0.2, 0.25) is 5.91 Å². The third-order valence-electron chi connectivity index (χ3n) is 3.96. The minimum atomic E-state index is -0.960. The second-order valence-electron chi connectivity index (χ2n) is 5.62. The van der Waals surface area contributed by atoms with Gasteiger partial charge in [0.25, 0.3) is 0 Å². The van der Waals surface area contributed by atoms with E-state index in [1.54, 1.807) is 18.3 Å². The fourth-order valence-corrected chi connectivity index (χ4v) is 3.77. The van der Waals surface area contributed by atoms with Crippen molar-refractivity contribution in [3.05, 3.63) is 34.2 Å². The fourth-order valence-electron chi connectivity index (χ4n) is 2.65. The smallest absolute Gasteiger partial charge is 0.326 e. The van der Waals surface area contributed by atoms with Gasteiger partial charge in [-0.3, -0.25) is 4.79 Å². The predicted octanol–water partition coefficient (Wildman–Crippen LogP) is 3.56. The van der Waals surface area contributed by atoms with Crippen molar-refractivity contribution in [2.75, 3.05) is 0 Å². The lowest BCUT2D eigenvalue weighted by Gasteiger charge is -2.26. The molecule has 1 aliphatic carbocycles. The number of nitrogens with zero attached hydrogens (tertiary/aromatic N) is 1. The number of aliphatic carboxylic acids is 1. The Hall–Kier alpha value is -1.59. The third-order valence-corrected chi connectivity index (χ3v) is 5.21. The van der Waals surface area contributed by atoms with Crippen LogP contribution in [-0.2, 0) is 16.0 Å². The van der Waals surface area contributed by atoms with E-state index in [0.29, 0.717) is 5.02 Å². The summed E-state index contributed by atoms with van der Waals surface area (Å²) in [5.74, 6) is -1.09. The Morgan fingerprint density at radius 2 is 2.18 bits per heavy atom. The van der Waals surface area contributed by atoms with Crippen LogP contribution in [-0.4, -0.2) is 34.0 Å². The van der Waals surface area contributed by atoms with E-state index in [1.165, 1.54) is 4.90 Å². The van der Waals surface area contributed by atoms with Gasteiger partial charge in [0, 0.05) is 15.8 Å². The summed E-state index contributed by atoms with van der Waals surface area (Å²) in [6, 6.07) is 4.92. The van der Waals surface area contributed by atoms with Gasteiger partial charge in [0.05, 0.1) is 6.42 Å². The molecule has 0 saturated heterocycles. The van der Waals surface area contributed by atoms with E-state index in [1.807, 2.05) is 23.6 Å². The minimum Gasteiger partial charge on any atom is -0.480 e. The average molecular weight is 338 g/mol. The number of carbonyl (C=O) groups excluding carboxylic acids is 1. The fraction of sp³-hybridized carbons (Fsp3) is 0.375. The second kappa shape index (κ2) is 5.89. The first-order valence-corrected chi connectivity index (χ1v) is 8.42. The summed E-state index contributed by atoms with van der Waals surface area (Å²) in [5.41, 5.74) is 0.913. The molecule has 1 N–H and O–H groups in total. The lowest BCUT2D eigenvalue weighted by atomic mass is 10.1. The maximum Gasteiger partial charge on any atom is 0.326 e. The molecule has 3 rings (SSSR count). The lowest BCUT2D eigenvalue weighted by molar-refractivity contribution is -0.149. The van der Waals surface area contributed by atoms with Gasteiger partial charge in [-0.2, -0.15) is 0 Å². The molecule has 116 valence electrons. The number of halogens is 1. The molecule has 0 spiro atoms. The molecular weight excluding hydrogens is 322 g/mol. The van der Waals surface area contributed by atoms with Gasteiger partial charge in [-0.1, -0.05) is 11.6 Å². The average Bonchev–Trinajstić information content (AvgIpc) is 3.22. The van der Waals surface area contributed by atoms with Crippen LogP contribution in [0.15, 0.2) is 23.6 Å². The van der Waals surface area contributed by atoms with Crippen molar-refractivity contribution in [1.29, 1.82) is 0 Å². The zero-order valence-electron chi connectivity index (χ0n) is 12.1. The minimum absolute atomic E-state index is 0.0760. The Labute approximate surface area is 137 Å². The number of amides is 1. The van der Waals surface area contributed by atoms with E-state index in [9.17, 15) is 14.7 Å². The van der Waals surface area contributed by atoms with Crippen LogP contribution in [0.5, 0.6) is 0 Å².